The van der Waals surface area contributed by atoms with E-state index < -0.39 is 21.4 Å². The number of hydrogen-bond donors (Lipinski definition) is 1. The zero-order valence-electron chi connectivity index (χ0n) is 14.7. The van der Waals surface area contributed by atoms with E-state index in [0.29, 0.717) is 24.7 Å². The van der Waals surface area contributed by atoms with E-state index >= 15 is 0 Å². The summed E-state index contributed by atoms with van der Waals surface area (Å²) >= 11 is 0. The Morgan fingerprint density at radius 1 is 1.22 bits per heavy atom. The van der Waals surface area contributed by atoms with Crippen molar-refractivity contribution in [2.75, 3.05) is 13.1 Å². The van der Waals surface area contributed by atoms with Crippen LogP contribution in [-0.4, -0.2) is 36.0 Å². The molecule has 0 spiro atoms. The van der Waals surface area contributed by atoms with Crippen LogP contribution in [0.1, 0.15) is 49.7 Å². The molecule has 1 aromatic heterocycles. The molecule has 2 heterocycles. The lowest BCUT2D eigenvalue weighted by molar-refractivity contribution is 0.226. The van der Waals surface area contributed by atoms with Crippen molar-refractivity contribution in [3.8, 4) is 0 Å². The molecule has 10 heteroatoms. The van der Waals surface area contributed by atoms with Crippen LogP contribution in [0, 0.1) is 5.82 Å². The zero-order valence-corrected chi connectivity index (χ0v) is 16.3. The van der Waals surface area contributed by atoms with Crippen LogP contribution in [0.15, 0.2) is 33.7 Å². The average Bonchev–Trinajstić information content (AvgIpc) is 3.11. The first-order chi connectivity index (χ1) is 12.4. The molecule has 1 saturated heterocycles. The lowest BCUT2D eigenvalue weighted by atomic mass is 9.77. The zero-order chi connectivity index (χ0) is 18.4. The van der Waals surface area contributed by atoms with E-state index in [4.69, 9.17) is 10.3 Å². The smallest absolute Gasteiger partial charge is 0.243 e. The fraction of sp³-hybridized carbons (Fsp3) is 0.529. The molecule has 1 unspecified atom stereocenters. The Hall–Kier alpha value is -1.55. The summed E-state index contributed by atoms with van der Waals surface area (Å²) < 4.78 is 45.5. The van der Waals surface area contributed by atoms with Crippen LogP contribution in [0.5, 0.6) is 0 Å². The molecule has 27 heavy (non-hydrogen) atoms. The Morgan fingerprint density at radius 3 is 2.56 bits per heavy atom. The monoisotopic (exact) mass is 416 g/mol. The number of rotatable bonds is 4. The van der Waals surface area contributed by atoms with Crippen molar-refractivity contribution in [1.29, 1.82) is 0 Å². The summed E-state index contributed by atoms with van der Waals surface area (Å²) in [4.78, 5) is 4.54. The Labute approximate surface area is 163 Å². The predicted molar refractivity (Wildman–Crippen MR) is 98.4 cm³/mol. The van der Waals surface area contributed by atoms with Gasteiger partial charge in [0.25, 0.3) is 0 Å². The van der Waals surface area contributed by atoms with Gasteiger partial charge >= 0.3 is 0 Å². The number of nitrogens with two attached hydrogens (primary N) is 1. The van der Waals surface area contributed by atoms with Crippen LogP contribution in [0.4, 0.5) is 4.39 Å². The molecule has 148 valence electrons. The minimum absolute atomic E-state index is 0. The minimum atomic E-state index is -3.68. The number of benzene rings is 1. The van der Waals surface area contributed by atoms with Crippen LogP contribution in [0.25, 0.3) is 0 Å². The topological polar surface area (TPSA) is 102 Å². The molecule has 1 aliphatic heterocycles. The SMILES string of the molecule is Cl.NC1(c2noc(C3CCCN(S(=O)(=O)c4ccc(F)cc4)C3)n2)CCC1. The quantitative estimate of drug-likeness (QED) is 0.821. The van der Waals surface area contributed by atoms with Gasteiger partial charge in [-0.25, -0.2) is 12.8 Å². The molecule has 2 fully saturated rings. The lowest BCUT2D eigenvalue weighted by Gasteiger charge is -2.34. The molecular weight excluding hydrogens is 395 g/mol. The van der Waals surface area contributed by atoms with Gasteiger partial charge in [0.15, 0.2) is 5.82 Å². The fourth-order valence-electron chi connectivity index (χ4n) is 3.50. The highest BCUT2D eigenvalue weighted by Gasteiger charge is 2.40. The van der Waals surface area contributed by atoms with E-state index in [9.17, 15) is 12.8 Å². The van der Waals surface area contributed by atoms with Gasteiger partial charge in [0.2, 0.25) is 15.9 Å². The standard InChI is InChI=1S/C17H21FN4O3S.ClH/c18-13-4-6-14(7-5-13)26(23,24)22-10-1-3-12(11-22)15-20-16(21-25-15)17(19)8-2-9-17;/h4-7,12H,1-3,8-11,19H2;1H. The highest BCUT2D eigenvalue weighted by atomic mass is 35.5. The fourth-order valence-corrected chi connectivity index (χ4v) is 5.03. The Morgan fingerprint density at radius 2 is 1.93 bits per heavy atom. The van der Waals surface area contributed by atoms with E-state index in [0.717, 1.165) is 37.8 Å². The molecule has 0 radical (unpaired) electrons. The molecule has 7 nitrogen and oxygen atoms in total. The lowest BCUT2D eigenvalue weighted by Crippen LogP contribution is -2.44. The Bertz CT molecular complexity index is 899. The summed E-state index contributed by atoms with van der Waals surface area (Å²) in [5.74, 6) is 0.322. The average molecular weight is 417 g/mol. The van der Waals surface area contributed by atoms with E-state index in [2.05, 4.69) is 10.1 Å². The summed E-state index contributed by atoms with van der Waals surface area (Å²) in [7, 11) is -3.68. The third-order valence-electron chi connectivity index (χ3n) is 5.32. The van der Waals surface area contributed by atoms with E-state index in [-0.39, 0.29) is 29.8 Å². The number of nitrogens with zero attached hydrogens (tertiary/aromatic N) is 3. The molecule has 0 bridgehead atoms. The van der Waals surface area contributed by atoms with Gasteiger partial charge in [-0.3, -0.25) is 0 Å². The molecule has 1 atom stereocenters. The van der Waals surface area contributed by atoms with Gasteiger partial charge in [0.05, 0.1) is 16.4 Å². The first kappa shape index (κ1) is 20.2. The highest BCUT2D eigenvalue weighted by Crippen LogP contribution is 2.38. The Balaban J connectivity index is 0.00000210. The number of hydrogen-bond acceptors (Lipinski definition) is 6. The van der Waals surface area contributed by atoms with E-state index in [1.165, 1.54) is 16.4 Å². The van der Waals surface area contributed by atoms with Crippen LogP contribution < -0.4 is 5.73 Å². The highest BCUT2D eigenvalue weighted by molar-refractivity contribution is 7.89. The molecule has 0 amide bonds. The van der Waals surface area contributed by atoms with Gasteiger partial charge in [-0.05, 0) is 56.4 Å². The normalized spacial score (nSPS) is 22.7. The summed E-state index contributed by atoms with van der Waals surface area (Å²) in [6.07, 6.45) is 4.18. The molecular formula is C17H22ClFN4O3S. The maximum Gasteiger partial charge on any atom is 0.243 e. The van der Waals surface area contributed by atoms with E-state index in [1.807, 2.05) is 0 Å². The summed E-state index contributed by atoms with van der Waals surface area (Å²) in [6.45, 7) is 0.678. The second-order valence-electron chi connectivity index (χ2n) is 7.12. The summed E-state index contributed by atoms with van der Waals surface area (Å²) in [5.41, 5.74) is 5.73. The van der Waals surface area contributed by atoms with Gasteiger partial charge in [-0.15, -0.1) is 12.4 Å². The van der Waals surface area contributed by atoms with Gasteiger partial charge in [-0.2, -0.15) is 9.29 Å². The Kier molecular flexibility index (Phi) is 5.58. The van der Waals surface area contributed by atoms with Crippen molar-refractivity contribution in [1.82, 2.24) is 14.4 Å². The molecule has 2 aromatic rings. The first-order valence-corrected chi connectivity index (χ1v) is 10.2. The third-order valence-corrected chi connectivity index (χ3v) is 7.20. The summed E-state index contributed by atoms with van der Waals surface area (Å²) in [5, 5.41) is 4.02. The number of piperidine rings is 1. The molecule has 4 rings (SSSR count). The number of halogens is 2. The molecule has 1 saturated carbocycles. The number of aromatic nitrogens is 2. The molecule has 1 aromatic carbocycles. The van der Waals surface area contributed by atoms with Crippen molar-refractivity contribution < 1.29 is 17.3 Å². The van der Waals surface area contributed by atoms with Crippen LogP contribution >= 0.6 is 12.4 Å². The molecule has 2 N–H and O–H groups in total. The van der Waals surface area contributed by atoms with Crippen LogP contribution in [-0.2, 0) is 15.6 Å². The van der Waals surface area contributed by atoms with Crippen LogP contribution in [0.2, 0.25) is 0 Å². The van der Waals surface area contributed by atoms with Gasteiger partial charge in [-0.1, -0.05) is 5.16 Å². The van der Waals surface area contributed by atoms with Gasteiger partial charge < -0.3 is 10.3 Å². The molecule has 2 aliphatic rings. The van der Waals surface area contributed by atoms with Gasteiger partial charge in [0.1, 0.15) is 5.82 Å². The maximum atomic E-state index is 13.1. The van der Waals surface area contributed by atoms with Crippen molar-refractivity contribution in [3.05, 3.63) is 41.8 Å². The van der Waals surface area contributed by atoms with E-state index in [1.54, 1.807) is 0 Å². The number of sulfonamides is 1. The van der Waals surface area contributed by atoms with Crippen LogP contribution in [0.3, 0.4) is 0 Å². The minimum Gasteiger partial charge on any atom is -0.339 e. The van der Waals surface area contributed by atoms with Crippen molar-refractivity contribution in [2.24, 2.45) is 5.73 Å². The first-order valence-electron chi connectivity index (χ1n) is 8.77. The van der Waals surface area contributed by atoms with Gasteiger partial charge in [0, 0.05) is 13.1 Å². The van der Waals surface area contributed by atoms with Crippen molar-refractivity contribution in [2.45, 2.75) is 48.5 Å². The largest absolute Gasteiger partial charge is 0.339 e. The predicted octanol–water partition coefficient (Wildman–Crippen LogP) is 2.54. The maximum absolute atomic E-state index is 13.1. The van der Waals surface area contributed by atoms with Crippen molar-refractivity contribution in [3.63, 3.8) is 0 Å². The third kappa shape index (κ3) is 3.73. The van der Waals surface area contributed by atoms with Crippen molar-refractivity contribution >= 4 is 22.4 Å². The second kappa shape index (κ2) is 7.46. The molecule has 1 aliphatic carbocycles. The summed E-state index contributed by atoms with van der Waals surface area (Å²) in [6, 6.07) is 4.87. The second-order valence-corrected chi connectivity index (χ2v) is 9.06.